The first-order chi connectivity index (χ1) is 12.1. The molecule has 0 radical (unpaired) electrons. The molecular formula is C16H24FN4O3S+. The lowest BCUT2D eigenvalue weighted by atomic mass is 10.3. The summed E-state index contributed by atoms with van der Waals surface area (Å²) < 4.78 is 23.3. The number of hydrogen-bond acceptors (Lipinski definition) is 4. The molecule has 1 heterocycles. The molecule has 0 unspecified atom stereocenters. The van der Waals surface area contributed by atoms with Crippen LogP contribution in [0.3, 0.4) is 0 Å². The van der Waals surface area contributed by atoms with Gasteiger partial charge in [-0.25, -0.2) is 4.39 Å². The Bertz CT molecular complexity index is 553. The van der Waals surface area contributed by atoms with E-state index in [4.69, 9.17) is 21.7 Å². The lowest BCUT2D eigenvalue weighted by Gasteiger charge is -2.23. The van der Waals surface area contributed by atoms with E-state index in [-0.39, 0.29) is 18.3 Å². The number of amides is 1. The van der Waals surface area contributed by atoms with Crippen LogP contribution in [0.2, 0.25) is 0 Å². The van der Waals surface area contributed by atoms with Crippen molar-refractivity contribution in [2.45, 2.75) is 6.42 Å². The molecule has 1 aromatic carbocycles. The van der Waals surface area contributed by atoms with Crippen LogP contribution in [0, 0.1) is 5.82 Å². The van der Waals surface area contributed by atoms with Crippen molar-refractivity contribution in [3.63, 3.8) is 0 Å². The third-order valence-electron chi connectivity index (χ3n) is 3.69. The lowest BCUT2D eigenvalue weighted by molar-refractivity contribution is -0.908. The van der Waals surface area contributed by atoms with Crippen LogP contribution in [-0.4, -0.2) is 57.0 Å². The topological polar surface area (TPSA) is 76.1 Å². The van der Waals surface area contributed by atoms with E-state index >= 15 is 0 Å². The van der Waals surface area contributed by atoms with E-state index in [9.17, 15) is 9.18 Å². The van der Waals surface area contributed by atoms with Crippen molar-refractivity contribution < 1.29 is 23.6 Å². The molecule has 138 valence electrons. The quantitative estimate of drug-likeness (QED) is 0.280. The van der Waals surface area contributed by atoms with Crippen LogP contribution < -0.4 is 25.8 Å². The Hall–Kier alpha value is -1.97. The molecule has 0 spiro atoms. The van der Waals surface area contributed by atoms with Crippen LogP contribution in [0.5, 0.6) is 5.75 Å². The van der Waals surface area contributed by atoms with Crippen molar-refractivity contribution in [1.82, 2.24) is 16.2 Å². The molecule has 1 amide bonds. The Balaban J connectivity index is 1.50. The zero-order valence-electron chi connectivity index (χ0n) is 14.0. The molecule has 1 aliphatic heterocycles. The van der Waals surface area contributed by atoms with Gasteiger partial charge in [0, 0.05) is 13.0 Å². The molecule has 0 atom stereocenters. The zero-order chi connectivity index (χ0) is 17.9. The molecule has 7 nitrogen and oxygen atoms in total. The average molecular weight is 371 g/mol. The van der Waals surface area contributed by atoms with E-state index in [1.165, 1.54) is 29.2 Å². The maximum absolute atomic E-state index is 12.8. The fourth-order valence-corrected chi connectivity index (χ4v) is 2.49. The monoisotopic (exact) mass is 371 g/mol. The van der Waals surface area contributed by atoms with Gasteiger partial charge >= 0.3 is 0 Å². The molecule has 4 N–H and O–H groups in total. The summed E-state index contributed by atoms with van der Waals surface area (Å²) in [6.45, 7) is 5.36. The minimum Gasteiger partial charge on any atom is -0.484 e. The molecule has 0 aliphatic carbocycles. The molecule has 1 aliphatic rings. The minimum absolute atomic E-state index is 0.193. The number of hydrazine groups is 1. The highest BCUT2D eigenvalue weighted by Gasteiger charge is 2.12. The van der Waals surface area contributed by atoms with Crippen LogP contribution in [0.15, 0.2) is 24.3 Å². The molecule has 0 aromatic heterocycles. The number of thiocarbonyl (C=S) groups is 1. The Kier molecular flexibility index (Phi) is 8.36. The first kappa shape index (κ1) is 19.4. The number of nitrogens with one attached hydrogen (secondary N) is 4. The van der Waals surface area contributed by atoms with Crippen molar-refractivity contribution in [1.29, 1.82) is 0 Å². The highest BCUT2D eigenvalue weighted by Crippen LogP contribution is 2.10. The summed E-state index contributed by atoms with van der Waals surface area (Å²) in [5.74, 6) is -0.320. The second-order valence-corrected chi connectivity index (χ2v) is 6.05. The molecular weight excluding hydrogens is 347 g/mol. The Morgan fingerprint density at radius 1 is 1.24 bits per heavy atom. The van der Waals surface area contributed by atoms with E-state index in [1.807, 2.05) is 0 Å². The molecule has 9 heteroatoms. The van der Waals surface area contributed by atoms with Gasteiger partial charge in [-0.05, 0) is 36.5 Å². The normalized spacial score (nSPS) is 14.6. The van der Waals surface area contributed by atoms with Crippen LogP contribution in [0.4, 0.5) is 4.39 Å². The summed E-state index contributed by atoms with van der Waals surface area (Å²) in [5.41, 5.74) is 5.06. The number of benzene rings is 1. The fraction of sp³-hybridized carbons (Fsp3) is 0.500. The molecule has 1 saturated heterocycles. The Morgan fingerprint density at radius 3 is 2.68 bits per heavy atom. The number of rotatable bonds is 7. The van der Waals surface area contributed by atoms with Gasteiger partial charge in [0.25, 0.3) is 5.91 Å². The summed E-state index contributed by atoms with van der Waals surface area (Å²) in [4.78, 5) is 13.2. The predicted molar refractivity (Wildman–Crippen MR) is 94.8 cm³/mol. The summed E-state index contributed by atoms with van der Waals surface area (Å²) >= 11 is 5.09. The number of hydrogen-bond donors (Lipinski definition) is 4. The van der Waals surface area contributed by atoms with E-state index in [0.29, 0.717) is 10.9 Å². The van der Waals surface area contributed by atoms with Gasteiger partial charge in [-0.15, -0.1) is 0 Å². The Labute approximate surface area is 151 Å². The first-order valence-corrected chi connectivity index (χ1v) is 8.66. The van der Waals surface area contributed by atoms with Crippen LogP contribution in [0.1, 0.15) is 6.42 Å². The Morgan fingerprint density at radius 2 is 1.96 bits per heavy atom. The lowest BCUT2D eigenvalue weighted by Crippen LogP contribution is -3.14. The van der Waals surface area contributed by atoms with Gasteiger partial charge < -0.3 is 19.7 Å². The fourth-order valence-electron chi connectivity index (χ4n) is 2.34. The molecule has 2 rings (SSSR count). The van der Waals surface area contributed by atoms with Crippen LogP contribution in [-0.2, 0) is 9.53 Å². The maximum Gasteiger partial charge on any atom is 0.276 e. The second-order valence-electron chi connectivity index (χ2n) is 5.64. The first-order valence-electron chi connectivity index (χ1n) is 8.26. The number of quaternary nitrogens is 1. The van der Waals surface area contributed by atoms with E-state index in [0.717, 1.165) is 45.8 Å². The zero-order valence-corrected chi connectivity index (χ0v) is 14.8. The van der Waals surface area contributed by atoms with Gasteiger partial charge in [0.1, 0.15) is 24.7 Å². The van der Waals surface area contributed by atoms with Gasteiger partial charge in [0.05, 0.1) is 19.8 Å². The third-order valence-corrected chi connectivity index (χ3v) is 3.94. The van der Waals surface area contributed by atoms with Gasteiger partial charge in [0.15, 0.2) is 11.7 Å². The van der Waals surface area contributed by atoms with Crippen molar-refractivity contribution in [2.75, 3.05) is 46.0 Å². The highest BCUT2D eigenvalue weighted by atomic mass is 32.1. The minimum atomic E-state index is -0.383. The summed E-state index contributed by atoms with van der Waals surface area (Å²) in [6.07, 6.45) is 0.985. The molecule has 1 fully saturated rings. The molecule has 0 saturated carbocycles. The van der Waals surface area contributed by atoms with Crippen molar-refractivity contribution >= 4 is 23.2 Å². The predicted octanol–water partition coefficient (Wildman–Crippen LogP) is -0.995. The largest absolute Gasteiger partial charge is 0.484 e. The smallest absolute Gasteiger partial charge is 0.276 e. The van der Waals surface area contributed by atoms with Gasteiger partial charge in [-0.2, -0.15) is 0 Å². The molecule has 25 heavy (non-hydrogen) atoms. The highest BCUT2D eigenvalue weighted by molar-refractivity contribution is 7.80. The number of carbonyl (C=O) groups excluding carboxylic acids is 1. The summed E-state index contributed by atoms with van der Waals surface area (Å²) in [6, 6.07) is 5.45. The number of morpholine rings is 1. The van der Waals surface area contributed by atoms with E-state index < -0.39 is 0 Å². The van der Waals surface area contributed by atoms with Crippen molar-refractivity contribution in [3.8, 4) is 5.75 Å². The second kappa shape index (κ2) is 10.8. The van der Waals surface area contributed by atoms with E-state index in [1.54, 1.807) is 0 Å². The van der Waals surface area contributed by atoms with Gasteiger partial charge in [-0.3, -0.25) is 15.6 Å². The maximum atomic E-state index is 12.8. The standard InChI is InChI=1S/C16H23FN4O3S/c17-13-2-4-14(5-3-13)24-12-15(22)19-20-16(25)18-6-1-7-21-8-10-23-11-9-21/h2-5H,1,6-12H2,(H,19,22)(H2,18,20,25)/p+1. The van der Waals surface area contributed by atoms with Crippen LogP contribution >= 0.6 is 12.2 Å². The number of carbonyl (C=O) groups is 1. The van der Waals surface area contributed by atoms with Crippen molar-refractivity contribution in [3.05, 3.63) is 30.1 Å². The van der Waals surface area contributed by atoms with Crippen molar-refractivity contribution in [2.24, 2.45) is 0 Å². The summed E-state index contributed by atoms with van der Waals surface area (Å²) in [5, 5.41) is 3.39. The van der Waals surface area contributed by atoms with Gasteiger partial charge in [-0.1, -0.05) is 0 Å². The third kappa shape index (κ3) is 8.10. The molecule has 0 bridgehead atoms. The van der Waals surface area contributed by atoms with Crippen LogP contribution in [0.25, 0.3) is 0 Å². The summed E-state index contributed by atoms with van der Waals surface area (Å²) in [7, 11) is 0. The van der Waals surface area contributed by atoms with Gasteiger partial charge in [0.2, 0.25) is 0 Å². The average Bonchev–Trinajstić information content (AvgIpc) is 2.64. The number of halogens is 1. The van der Waals surface area contributed by atoms with E-state index in [2.05, 4.69) is 16.2 Å². The SMILES string of the molecule is O=C(COc1ccc(F)cc1)NNC(=S)NCCC[NH+]1CCOCC1. The number of ether oxygens (including phenoxy) is 2. The molecule has 1 aromatic rings.